The van der Waals surface area contributed by atoms with Gasteiger partial charge in [-0.2, -0.15) is 0 Å². The number of H-pyrrole nitrogens is 1. The number of phenolic OH excluding ortho intramolecular Hbond substituents is 1. The van der Waals surface area contributed by atoms with Crippen molar-refractivity contribution in [3.8, 4) is 5.75 Å². The van der Waals surface area contributed by atoms with Crippen LogP contribution in [-0.2, 0) is 0 Å². The smallest absolute Gasteiger partial charge is 0.211 e. The number of rotatable bonds is 1. The Morgan fingerprint density at radius 3 is 2.87 bits per heavy atom. The third-order valence-corrected chi connectivity index (χ3v) is 4.30. The molecule has 8 heteroatoms. The summed E-state index contributed by atoms with van der Waals surface area (Å²) in [5, 5.41) is 13.5. The quantitative estimate of drug-likeness (QED) is 0.511. The minimum atomic E-state index is -0.474. The summed E-state index contributed by atoms with van der Waals surface area (Å²) in [6.07, 6.45) is 1.65. The molecule has 4 N–H and O–H groups in total. The second-order valence-corrected chi connectivity index (χ2v) is 5.75. The second-order valence-electron chi connectivity index (χ2n) is 4.93. The number of halogens is 2. The number of benzene rings is 2. The molecule has 0 saturated carbocycles. The van der Waals surface area contributed by atoms with E-state index in [-0.39, 0.29) is 22.3 Å². The van der Waals surface area contributed by atoms with Crippen molar-refractivity contribution in [1.29, 1.82) is 0 Å². The van der Waals surface area contributed by atoms with Gasteiger partial charge in [0.2, 0.25) is 5.96 Å². The Kier molecular flexibility index (Phi) is 3.12. The fourth-order valence-corrected chi connectivity index (χ4v) is 3.07. The molecule has 0 bridgehead atoms. The van der Waals surface area contributed by atoms with Crippen LogP contribution in [0.2, 0.25) is 0 Å². The molecule has 2 heterocycles. The number of aliphatic imine (C=N–C) groups is 1. The highest BCUT2D eigenvalue weighted by Crippen LogP contribution is 2.40. The predicted octanol–water partition coefficient (Wildman–Crippen LogP) is 3.86. The largest absolute Gasteiger partial charge is 0.506 e. The number of hydrogen-bond donors (Lipinski definition) is 4. The third kappa shape index (κ3) is 2.36. The van der Waals surface area contributed by atoms with Gasteiger partial charge in [-0.1, -0.05) is 0 Å². The van der Waals surface area contributed by atoms with Gasteiger partial charge in [-0.25, -0.2) is 13.8 Å². The maximum Gasteiger partial charge on any atom is 0.211 e. The van der Waals surface area contributed by atoms with Crippen LogP contribution in [0.5, 0.6) is 5.75 Å². The van der Waals surface area contributed by atoms with E-state index in [4.69, 9.17) is 0 Å². The van der Waals surface area contributed by atoms with Crippen molar-refractivity contribution in [3.63, 3.8) is 0 Å². The van der Waals surface area contributed by atoms with Gasteiger partial charge in [-0.15, -0.1) is 0 Å². The van der Waals surface area contributed by atoms with Crippen LogP contribution < -0.4 is 10.0 Å². The summed E-state index contributed by atoms with van der Waals surface area (Å²) in [5.74, 6) is -0.717. The van der Waals surface area contributed by atoms with E-state index in [0.717, 1.165) is 11.9 Å². The van der Waals surface area contributed by atoms with Crippen LogP contribution in [0, 0.1) is 11.6 Å². The van der Waals surface area contributed by atoms with Crippen LogP contribution in [0.25, 0.3) is 10.9 Å². The highest BCUT2D eigenvalue weighted by atomic mass is 32.2. The highest BCUT2D eigenvalue weighted by molar-refractivity contribution is 7.98. The van der Waals surface area contributed by atoms with Gasteiger partial charge in [0.1, 0.15) is 23.1 Å². The zero-order valence-electron chi connectivity index (χ0n) is 11.5. The summed E-state index contributed by atoms with van der Waals surface area (Å²) < 4.78 is 30.5. The Bertz CT molecular complexity index is 954. The molecule has 23 heavy (non-hydrogen) atoms. The molecule has 3 aromatic rings. The molecule has 2 aromatic carbocycles. The van der Waals surface area contributed by atoms with E-state index in [0.29, 0.717) is 16.6 Å². The highest BCUT2D eigenvalue weighted by Gasteiger charge is 2.20. The molecule has 0 saturated heterocycles. The molecule has 0 amide bonds. The summed E-state index contributed by atoms with van der Waals surface area (Å²) in [4.78, 5) is 7.18. The van der Waals surface area contributed by atoms with E-state index in [1.54, 1.807) is 18.3 Å². The lowest BCUT2D eigenvalue weighted by atomic mass is 10.2. The van der Waals surface area contributed by atoms with Crippen molar-refractivity contribution in [2.45, 2.75) is 4.90 Å². The third-order valence-electron chi connectivity index (χ3n) is 3.41. The van der Waals surface area contributed by atoms with Crippen LogP contribution >= 0.6 is 11.9 Å². The number of nitrogens with one attached hydrogen (secondary N) is 3. The lowest BCUT2D eigenvalue weighted by molar-refractivity contribution is 0.471. The van der Waals surface area contributed by atoms with E-state index in [1.807, 2.05) is 0 Å². The average molecular weight is 332 g/mol. The summed E-state index contributed by atoms with van der Waals surface area (Å²) in [7, 11) is 0. The fourth-order valence-electron chi connectivity index (χ4n) is 2.36. The summed E-state index contributed by atoms with van der Waals surface area (Å²) in [6, 6.07) is 7.25. The van der Waals surface area contributed by atoms with Gasteiger partial charge in [0.05, 0.1) is 10.4 Å². The molecular weight excluding hydrogens is 322 g/mol. The molecule has 0 radical (unpaired) electrons. The van der Waals surface area contributed by atoms with Crippen LogP contribution in [-0.4, -0.2) is 16.1 Å². The molecule has 116 valence electrons. The van der Waals surface area contributed by atoms with Crippen LogP contribution in [0.1, 0.15) is 0 Å². The van der Waals surface area contributed by atoms with Gasteiger partial charge >= 0.3 is 0 Å². The van der Waals surface area contributed by atoms with Gasteiger partial charge in [0, 0.05) is 17.3 Å². The Morgan fingerprint density at radius 1 is 1.13 bits per heavy atom. The van der Waals surface area contributed by atoms with Crippen molar-refractivity contribution in [2.75, 3.05) is 5.32 Å². The first-order chi connectivity index (χ1) is 11.1. The number of anilines is 1. The van der Waals surface area contributed by atoms with Crippen molar-refractivity contribution in [1.82, 2.24) is 9.71 Å². The molecular formula is C15H10F2N4OS. The van der Waals surface area contributed by atoms with Crippen LogP contribution in [0.3, 0.4) is 0 Å². The van der Waals surface area contributed by atoms with Crippen molar-refractivity contribution >= 4 is 40.2 Å². The van der Waals surface area contributed by atoms with Crippen molar-refractivity contribution in [2.24, 2.45) is 4.99 Å². The van der Waals surface area contributed by atoms with E-state index in [2.05, 4.69) is 20.0 Å². The number of aromatic hydroxyl groups is 1. The monoisotopic (exact) mass is 332 g/mol. The Hall–Kier alpha value is -2.74. The Morgan fingerprint density at radius 2 is 2.00 bits per heavy atom. The van der Waals surface area contributed by atoms with E-state index in [9.17, 15) is 13.9 Å². The minimum absolute atomic E-state index is 0.123. The normalized spacial score (nSPS) is 13.4. The van der Waals surface area contributed by atoms with Gasteiger partial charge in [-0.05, 0) is 42.3 Å². The number of guanidine groups is 1. The predicted molar refractivity (Wildman–Crippen MR) is 86.0 cm³/mol. The molecule has 0 aliphatic carbocycles. The number of aromatic amines is 1. The molecule has 5 nitrogen and oxygen atoms in total. The number of phenols is 1. The number of fused-ring (bicyclic) bond motifs is 2. The Labute approximate surface area is 133 Å². The molecule has 0 atom stereocenters. The van der Waals surface area contributed by atoms with E-state index < -0.39 is 11.6 Å². The molecule has 1 aliphatic rings. The van der Waals surface area contributed by atoms with Crippen LogP contribution in [0.15, 0.2) is 46.4 Å². The second kappa shape index (κ2) is 5.17. The maximum absolute atomic E-state index is 14.0. The van der Waals surface area contributed by atoms with Gasteiger partial charge in [-0.3, -0.25) is 4.72 Å². The first-order valence-corrected chi connectivity index (χ1v) is 7.50. The SMILES string of the molecule is Oc1ccc(F)c2c1N=C(Nc1cc(F)c3[nH]ccc3c1)NS2. The topological polar surface area (TPSA) is 72.4 Å². The lowest BCUT2D eigenvalue weighted by Gasteiger charge is -2.18. The van der Waals surface area contributed by atoms with Crippen LogP contribution in [0.4, 0.5) is 20.2 Å². The standard InChI is InChI=1S/C15H10F2N4OS/c16-9-1-2-11(22)13-14(9)23-21-15(20-13)19-8-5-7-3-4-18-12(7)10(17)6-8/h1-6,18,22H,(H2,19,20,21). The number of nitrogens with zero attached hydrogens (tertiary/aromatic N) is 1. The molecule has 4 rings (SSSR count). The van der Waals surface area contributed by atoms with Gasteiger partial charge in [0.15, 0.2) is 0 Å². The first kappa shape index (κ1) is 13.9. The zero-order valence-corrected chi connectivity index (χ0v) is 12.3. The lowest BCUT2D eigenvalue weighted by Crippen LogP contribution is -2.27. The van der Waals surface area contributed by atoms with Gasteiger partial charge in [0.25, 0.3) is 0 Å². The molecule has 1 aromatic heterocycles. The molecule has 1 aliphatic heterocycles. The molecule has 0 unspecified atom stereocenters. The molecule has 0 fully saturated rings. The number of hydrogen-bond acceptors (Lipinski definition) is 5. The summed E-state index contributed by atoms with van der Waals surface area (Å²) in [5.41, 5.74) is 1.05. The number of aromatic nitrogens is 1. The zero-order chi connectivity index (χ0) is 16.0. The maximum atomic E-state index is 14.0. The summed E-state index contributed by atoms with van der Waals surface area (Å²) >= 11 is 0.988. The Balaban J connectivity index is 1.71. The van der Waals surface area contributed by atoms with E-state index >= 15 is 0 Å². The van der Waals surface area contributed by atoms with E-state index in [1.165, 1.54) is 18.2 Å². The molecule has 0 spiro atoms. The van der Waals surface area contributed by atoms with Crippen molar-refractivity contribution in [3.05, 3.63) is 48.2 Å². The summed E-state index contributed by atoms with van der Waals surface area (Å²) in [6.45, 7) is 0. The first-order valence-electron chi connectivity index (χ1n) is 6.68. The minimum Gasteiger partial charge on any atom is -0.506 e. The average Bonchev–Trinajstić information content (AvgIpc) is 3.00. The van der Waals surface area contributed by atoms with Crippen molar-refractivity contribution < 1.29 is 13.9 Å². The van der Waals surface area contributed by atoms with Gasteiger partial charge < -0.3 is 15.4 Å². The fraction of sp³-hybridized carbons (Fsp3) is 0.